The zero-order chi connectivity index (χ0) is 15.1. The highest BCUT2D eigenvalue weighted by Crippen LogP contribution is 2.39. The van der Waals surface area contributed by atoms with Gasteiger partial charge in [0, 0.05) is 12.0 Å². The molecule has 2 aliphatic rings. The molecule has 3 rings (SSSR count). The lowest BCUT2D eigenvalue weighted by atomic mass is 9.95. The summed E-state index contributed by atoms with van der Waals surface area (Å²) in [6, 6.07) is 2.19. The fourth-order valence-electron chi connectivity index (χ4n) is 3.56. The first kappa shape index (κ1) is 14.2. The molecule has 2 amide bonds. The molecule has 2 saturated heterocycles. The van der Waals surface area contributed by atoms with E-state index in [0.717, 1.165) is 19.3 Å². The van der Waals surface area contributed by atoms with E-state index in [4.69, 9.17) is 4.42 Å². The molecule has 5 heteroatoms. The van der Waals surface area contributed by atoms with Gasteiger partial charge in [-0.3, -0.25) is 9.59 Å². The number of carbonyl (C=O) groups excluding carboxylic acids is 2. The summed E-state index contributed by atoms with van der Waals surface area (Å²) in [7, 11) is 0. The lowest BCUT2D eigenvalue weighted by Gasteiger charge is -2.25. The molecule has 0 aliphatic carbocycles. The van der Waals surface area contributed by atoms with Crippen LogP contribution in [0.4, 0.5) is 0 Å². The Kier molecular flexibility index (Phi) is 3.51. The lowest BCUT2D eigenvalue weighted by molar-refractivity contribution is -0.124. The third-order valence-corrected chi connectivity index (χ3v) is 4.71. The van der Waals surface area contributed by atoms with E-state index in [1.807, 2.05) is 25.7 Å². The highest BCUT2D eigenvalue weighted by Gasteiger charge is 2.49. The number of nitrogens with one attached hydrogen (secondary N) is 1. The van der Waals surface area contributed by atoms with Crippen molar-refractivity contribution in [3.63, 3.8) is 0 Å². The minimum atomic E-state index is -0.0237. The number of hydrogen-bond acceptors (Lipinski definition) is 3. The maximum absolute atomic E-state index is 12.7. The normalized spacial score (nSPS) is 27.4. The Hall–Kier alpha value is -1.78. The minimum absolute atomic E-state index is 0.0237. The molecule has 1 aromatic rings. The number of carbonyl (C=O) groups is 2. The van der Waals surface area contributed by atoms with E-state index in [0.29, 0.717) is 11.3 Å². The molecule has 3 unspecified atom stereocenters. The Bertz CT molecular complexity index is 564. The largest absolute Gasteiger partial charge is 0.469 e. The quantitative estimate of drug-likeness (QED) is 0.927. The van der Waals surface area contributed by atoms with Gasteiger partial charge in [0.05, 0.1) is 23.9 Å². The topological polar surface area (TPSA) is 62.6 Å². The van der Waals surface area contributed by atoms with Crippen LogP contribution in [0.15, 0.2) is 16.7 Å². The van der Waals surface area contributed by atoms with Crippen molar-refractivity contribution < 1.29 is 14.0 Å². The Morgan fingerprint density at radius 2 is 2.14 bits per heavy atom. The zero-order valence-electron chi connectivity index (χ0n) is 12.8. The molecule has 0 saturated carbocycles. The van der Waals surface area contributed by atoms with E-state index in [9.17, 15) is 9.59 Å². The van der Waals surface area contributed by atoms with Crippen molar-refractivity contribution in [3.05, 3.63) is 23.7 Å². The number of fused-ring (bicyclic) bond motifs is 2. The molecule has 0 spiro atoms. The van der Waals surface area contributed by atoms with Crippen LogP contribution in [0.3, 0.4) is 0 Å². The summed E-state index contributed by atoms with van der Waals surface area (Å²) in [6.45, 7) is 5.59. The van der Waals surface area contributed by atoms with Gasteiger partial charge in [-0.1, -0.05) is 13.8 Å². The van der Waals surface area contributed by atoms with Crippen molar-refractivity contribution in [1.29, 1.82) is 0 Å². The van der Waals surface area contributed by atoms with Gasteiger partial charge >= 0.3 is 0 Å². The highest BCUT2D eigenvalue weighted by molar-refractivity contribution is 5.96. The maximum Gasteiger partial charge on any atom is 0.257 e. The fraction of sp³-hybridized carbons (Fsp3) is 0.625. The van der Waals surface area contributed by atoms with E-state index in [1.165, 1.54) is 0 Å². The predicted octanol–water partition coefficient (Wildman–Crippen LogP) is 2.11. The van der Waals surface area contributed by atoms with Crippen LogP contribution in [0.25, 0.3) is 0 Å². The van der Waals surface area contributed by atoms with Gasteiger partial charge in [0.25, 0.3) is 5.91 Å². The molecule has 0 radical (unpaired) electrons. The third-order valence-electron chi connectivity index (χ3n) is 4.71. The molecule has 114 valence electrons. The molecule has 1 aromatic heterocycles. The second-order valence-electron chi connectivity index (χ2n) is 6.41. The SMILES string of the molecule is Cc1occc1C(=O)N1C2CCC1C(NC(=O)C(C)C)C2. The van der Waals surface area contributed by atoms with Crippen molar-refractivity contribution in [2.75, 3.05) is 0 Å². The summed E-state index contributed by atoms with van der Waals surface area (Å²) < 4.78 is 5.24. The van der Waals surface area contributed by atoms with Crippen LogP contribution >= 0.6 is 0 Å². The molecular weight excluding hydrogens is 268 g/mol. The molecule has 2 bridgehead atoms. The number of rotatable bonds is 3. The number of nitrogens with zero attached hydrogens (tertiary/aromatic N) is 1. The van der Waals surface area contributed by atoms with Gasteiger partial charge < -0.3 is 14.6 Å². The number of aryl methyl sites for hydroxylation is 1. The first-order valence-corrected chi connectivity index (χ1v) is 7.66. The summed E-state index contributed by atoms with van der Waals surface area (Å²) in [5, 5.41) is 3.10. The first-order valence-electron chi connectivity index (χ1n) is 7.66. The molecular formula is C16H22N2O3. The number of amides is 2. The van der Waals surface area contributed by atoms with E-state index in [2.05, 4.69) is 5.32 Å². The van der Waals surface area contributed by atoms with Gasteiger partial charge in [-0.25, -0.2) is 0 Å². The summed E-state index contributed by atoms with van der Waals surface area (Å²) in [5.41, 5.74) is 0.641. The van der Waals surface area contributed by atoms with E-state index in [-0.39, 0.29) is 35.9 Å². The van der Waals surface area contributed by atoms with Crippen LogP contribution in [0.1, 0.15) is 49.2 Å². The lowest BCUT2D eigenvalue weighted by Crippen LogP contribution is -2.46. The second-order valence-corrected chi connectivity index (χ2v) is 6.41. The highest BCUT2D eigenvalue weighted by atomic mass is 16.3. The smallest absolute Gasteiger partial charge is 0.257 e. The Morgan fingerprint density at radius 3 is 2.76 bits per heavy atom. The van der Waals surface area contributed by atoms with Gasteiger partial charge in [-0.05, 0) is 32.3 Å². The minimum Gasteiger partial charge on any atom is -0.469 e. The van der Waals surface area contributed by atoms with Crippen LogP contribution in [0.2, 0.25) is 0 Å². The molecule has 1 N–H and O–H groups in total. The average Bonchev–Trinajstić information content (AvgIpc) is 3.11. The van der Waals surface area contributed by atoms with Crippen LogP contribution in [0, 0.1) is 12.8 Å². The standard InChI is InChI=1S/C16H22N2O3/c1-9(2)15(19)17-13-8-11-4-5-14(13)18(11)16(20)12-6-7-21-10(12)3/h6-7,9,11,13-14H,4-5,8H2,1-3H3,(H,17,19). The second kappa shape index (κ2) is 5.20. The summed E-state index contributed by atoms with van der Waals surface area (Å²) in [5.74, 6) is 0.743. The molecule has 0 aromatic carbocycles. The van der Waals surface area contributed by atoms with Gasteiger partial charge in [0.2, 0.25) is 5.91 Å². The van der Waals surface area contributed by atoms with Gasteiger partial charge in [0.1, 0.15) is 5.76 Å². The zero-order valence-corrected chi connectivity index (χ0v) is 12.8. The molecule has 3 atom stereocenters. The van der Waals surface area contributed by atoms with Crippen molar-refractivity contribution in [2.24, 2.45) is 5.92 Å². The average molecular weight is 290 g/mol. The van der Waals surface area contributed by atoms with Gasteiger partial charge in [0.15, 0.2) is 0 Å². The van der Waals surface area contributed by atoms with Gasteiger partial charge in [-0.15, -0.1) is 0 Å². The summed E-state index contributed by atoms with van der Waals surface area (Å²) in [4.78, 5) is 26.6. The Labute approximate surface area is 124 Å². The van der Waals surface area contributed by atoms with Crippen molar-refractivity contribution in [3.8, 4) is 0 Å². The molecule has 3 heterocycles. The van der Waals surface area contributed by atoms with Crippen molar-refractivity contribution in [1.82, 2.24) is 10.2 Å². The van der Waals surface area contributed by atoms with Crippen molar-refractivity contribution in [2.45, 2.75) is 58.2 Å². The number of hydrogen-bond donors (Lipinski definition) is 1. The molecule has 21 heavy (non-hydrogen) atoms. The third kappa shape index (κ3) is 2.34. The summed E-state index contributed by atoms with van der Waals surface area (Å²) in [6.07, 6.45) is 4.42. The van der Waals surface area contributed by atoms with E-state index < -0.39 is 0 Å². The Balaban J connectivity index is 1.75. The predicted molar refractivity (Wildman–Crippen MR) is 77.8 cm³/mol. The fourth-order valence-corrected chi connectivity index (χ4v) is 3.56. The van der Waals surface area contributed by atoms with E-state index in [1.54, 1.807) is 12.3 Å². The monoisotopic (exact) mass is 290 g/mol. The van der Waals surface area contributed by atoms with Gasteiger partial charge in [-0.2, -0.15) is 0 Å². The molecule has 2 fully saturated rings. The Morgan fingerprint density at radius 1 is 1.38 bits per heavy atom. The first-order chi connectivity index (χ1) is 9.99. The van der Waals surface area contributed by atoms with Crippen LogP contribution in [-0.2, 0) is 4.79 Å². The molecule has 2 aliphatic heterocycles. The van der Waals surface area contributed by atoms with E-state index >= 15 is 0 Å². The maximum atomic E-state index is 12.7. The molecule has 5 nitrogen and oxygen atoms in total. The van der Waals surface area contributed by atoms with Crippen LogP contribution in [-0.4, -0.2) is 34.8 Å². The summed E-state index contributed by atoms with van der Waals surface area (Å²) >= 11 is 0. The van der Waals surface area contributed by atoms with Crippen LogP contribution < -0.4 is 5.32 Å². The van der Waals surface area contributed by atoms with Crippen LogP contribution in [0.5, 0.6) is 0 Å². The van der Waals surface area contributed by atoms with Crippen molar-refractivity contribution >= 4 is 11.8 Å². The number of furan rings is 1.